The van der Waals surface area contributed by atoms with Crippen LogP contribution in [-0.4, -0.2) is 32.1 Å². The summed E-state index contributed by atoms with van der Waals surface area (Å²) in [6, 6.07) is 7.30. The summed E-state index contributed by atoms with van der Waals surface area (Å²) in [5.41, 5.74) is 1.82. The molecule has 3 rings (SSSR count). The summed E-state index contributed by atoms with van der Waals surface area (Å²) >= 11 is 0. The first kappa shape index (κ1) is 15.7. The Hall–Kier alpha value is -3.22. The molecule has 0 aliphatic rings. The maximum absolute atomic E-state index is 11.3. The Morgan fingerprint density at radius 1 is 1.33 bits per heavy atom. The molecule has 0 atom stereocenters. The predicted molar refractivity (Wildman–Crippen MR) is 86.8 cm³/mol. The summed E-state index contributed by atoms with van der Waals surface area (Å²) in [5.74, 6) is -1.21. The molecule has 0 fully saturated rings. The highest BCUT2D eigenvalue weighted by molar-refractivity contribution is 5.91. The molecule has 122 valence electrons. The number of ether oxygens (including phenoxy) is 1. The number of rotatable bonds is 5. The van der Waals surface area contributed by atoms with Crippen molar-refractivity contribution in [2.45, 2.75) is 20.4 Å². The van der Waals surface area contributed by atoms with E-state index in [-0.39, 0.29) is 22.9 Å². The summed E-state index contributed by atoms with van der Waals surface area (Å²) in [6.45, 7) is 4.26. The first-order chi connectivity index (χ1) is 11.5. The zero-order valence-corrected chi connectivity index (χ0v) is 13.2. The van der Waals surface area contributed by atoms with E-state index in [0.29, 0.717) is 18.3 Å². The number of aromatic carboxylic acids is 1. The minimum Gasteiger partial charge on any atom is -0.477 e. The van der Waals surface area contributed by atoms with Gasteiger partial charge in [0.2, 0.25) is 5.88 Å². The number of carboxylic acids is 1. The molecule has 2 heterocycles. The first-order valence-electron chi connectivity index (χ1n) is 7.37. The average Bonchev–Trinajstić information content (AvgIpc) is 2.97. The molecule has 0 aliphatic carbocycles. The largest absolute Gasteiger partial charge is 0.477 e. The third-order valence-electron chi connectivity index (χ3n) is 3.57. The fourth-order valence-corrected chi connectivity index (χ4v) is 2.32. The molecule has 0 radical (unpaired) electrons. The molecule has 1 aromatic carbocycles. The fraction of sp³-hybridized carbons (Fsp3) is 0.176. The third kappa shape index (κ3) is 2.83. The number of benzene rings is 1. The van der Waals surface area contributed by atoms with Crippen LogP contribution in [0.5, 0.6) is 11.8 Å². The van der Waals surface area contributed by atoms with Crippen molar-refractivity contribution in [3.8, 4) is 11.8 Å². The smallest absolute Gasteiger partial charge is 0.342 e. The van der Waals surface area contributed by atoms with E-state index in [1.54, 1.807) is 6.07 Å². The van der Waals surface area contributed by atoms with Gasteiger partial charge in [-0.15, -0.1) is 5.10 Å². The van der Waals surface area contributed by atoms with Gasteiger partial charge in [0.05, 0.1) is 11.1 Å². The third-order valence-corrected chi connectivity index (χ3v) is 3.57. The van der Waals surface area contributed by atoms with Gasteiger partial charge in [-0.05, 0) is 31.5 Å². The van der Waals surface area contributed by atoms with Gasteiger partial charge in [-0.25, -0.2) is 9.78 Å². The van der Waals surface area contributed by atoms with Gasteiger partial charge >= 0.3 is 5.97 Å². The molecule has 0 saturated carbocycles. The summed E-state index contributed by atoms with van der Waals surface area (Å²) < 4.78 is 7.02. The van der Waals surface area contributed by atoms with E-state index >= 15 is 0 Å². The summed E-state index contributed by atoms with van der Waals surface area (Å²) in [7, 11) is 0. The molecule has 1 N–H and O–H groups in total. The zero-order valence-electron chi connectivity index (χ0n) is 13.2. The Morgan fingerprint density at radius 2 is 2.12 bits per heavy atom. The van der Waals surface area contributed by atoms with Gasteiger partial charge in [-0.2, -0.15) is 0 Å². The number of carboxylic acid groups (broad SMARTS) is 1. The topological polar surface area (TPSA) is 94.3 Å². The van der Waals surface area contributed by atoms with E-state index in [9.17, 15) is 14.7 Å². The van der Waals surface area contributed by atoms with Crippen LogP contribution < -0.4 is 4.74 Å². The molecule has 0 aliphatic heterocycles. The molecule has 2 aromatic heterocycles. The van der Waals surface area contributed by atoms with Crippen molar-refractivity contribution in [3.63, 3.8) is 0 Å². The molecule has 0 spiro atoms. The number of hydrogen-bond donors (Lipinski definition) is 1. The highest BCUT2D eigenvalue weighted by Gasteiger charge is 2.19. The lowest BCUT2D eigenvalue weighted by Gasteiger charge is -2.07. The molecular weight excluding hydrogens is 310 g/mol. The SMILES string of the molecule is CCn1cc(C(=O)O)c(Oc2nc3cc(C)ccc3cc2C=O)n1. The molecule has 7 heteroatoms. The van der Waals surface area contributed by atoms with Gasteiger partial charge in [-0.1, -0.05) is 12.1 Å². The summed E-state index contributed by atoms with van der Waals surface area (Å²) in [5, 5.41) is 14.1. The Balaban J connectivity index is 2.10. The average molecular weight is 325 g/mol. The molecule has 0 saturated heterocycles. The van der Waals surface area contributed by atoms with Crippen LogP contribution in [0.15, 0.2) is 30.5 Å². The van der Waals surface area contributed by atoms with Crippen molar-refractivity contribution in [2.75, 3.05) is 0 Å². The highest BCUT2D eigenvalue weighted by atomic mass is 16.5. The highest BCUT2D eigenvalue weighted by Crippen LogP contribution is 2.28. The zero-order chi connectivity index (χ0) is 17.3. The lowest BCUT2D eigenvalue weighted by molar-refractivity contribution is 0.0694. The number of carbonyl (C=O) groups is 2. The maximum atomic E-state index is 11.3. The van der Waals surface area contributed by atoms with E-state index in [1.807, 2.05) is 32.0 Å². The second kappa shape index (κ2) is 6.11. The molecular formula is C17H15N3O4. The number of aryl methyl sites for hydroxylation is 2. The standard InChI is InChI=1S/C17H15N3O4/c1-3-20-8-13(17(22)23)16(19-20)24-15-12(9-21)7-11-5-4-10(2)6-14(11)18-15/h4-9H,3H2,1-2H3,(H,22,23). The fourth-order valence-electron chi connectivity index (χ4n) is 2.32. The van der Waals surface area contributed by atoms with Crippen LogP contribution in [0.4, 0.5) is 0 Å². The number of fused-ring (bicyclic) bond motifs is 1. The number of hydrogen-bond acceptors (Lipinski definition) is 5. The summed E-state index contributed by atoms with van der Waals surface area (Å²) in [4.78, 5) is 27.0. The van der Waals surface area contributed by atoms with Crippen molar-refractivity contribution in [2.24, 2.45) is 0 Å². The lowest BCUT2D eigenvalue weighted by atomic mass is 10.1. The van der Waals surface area contributed by atoms with Crippen molar-refractivity contribution in [1.82, 2.24) is 14.8 Å². The second-order valence-electron chi connectivity index (χ2n) is 5.31. The van der Waals surface area contributed by atoms with Crippen LogP contribution >= 0.6 is 0 Å². The van der Waals surface area contributed by atoms with Gasteiger partial charge in [0.15, 0.2) is 6.29 Å². The van der Waals surface area contributed by atoms with Gasteiger partial charge in [0, 0.05) is 18.1 Å². The maximum Gasteiger partial charge on any atom is 0.342 e. The number of aldehydes is 1. The van der Waals surface area contributed by atoms with E-state index < -0.39 is 5.97 Å². The number of nitrogens with zero attached hydrogens (tertiary/aromatic N) is 3. The van der Waals surface area contributed by atoms with Gasteiger partial charge < -0.3 is 9.84 Å². The van der Waals surface area contributed by atoms with Crippen LogP contribution in [0.25, 0.3) is 10.9 Å². The van der Waals surface area contributed by atoms with Crippen LogP contribution in [0, 0.1) is 6.92 Å². The molecule has 7 nitrogen and oxygen atoms in total. The van der Waals surface area contributed by atoms with Crippen LogP contribution in [0.2, 0.25) is 0 Å². The minimum atomic E-state index is -1.16. The normalized spacial score (nSPS) is 10.8. The Kier molecular flexibility index (Phi) is 3.99. The van der Waals surface area contributed by atoms with Crippen molar-refractivity contribution < 1.29 is 19.4 Å². The molecule has 0 amide bonds. The van der Waals surface area contributed by atoms with E-state index in [0.717, 1.165) is 10.9 Å². The van der Waals surface area contributed by atoms with Crippen LogP contribution in [-0.2, 0) is 6.54 Å². The lowest BCUT2D eigenvalue weighted by Crippen LogP contribution is -2.01. The van der Waals surface area contributed by atoms with E-state index in [4.69, 9.17) is 4.74 Å². The van der Waals surface area contributed by atoms with Gasteiger partial charge in [0.1, 0.15) is 5.56 Å². The number of carbonyl (C=O) groups excluding carboxylic acids is 1. The Bertz CT molecular complexity index is 946. The molecule has 0 bridgehead atoms. The monoisotopic (exact) mass is 325 g/mol. The molecule has 24 heavy (non-hydrogen) atoms. The molecule has 0 unspecified atom stereocenters. The summed E-state index contributed by atoms with van der Waals surface area (Å²) in [6.07, 6.45) is 2.00. The second-order valence-corrected chi connectivity index (χ2v) is 5.31. The quantitative estimate of drug-likeness (QED) is 0.724. The number of pyridine rings is 1. The van der Waals surface area contributed by atoms with E-state index in [1.165, 1.54) is 10.9 Å². The Labute approximate surface area is 137 Å². The van der Waals surface area contributed by atoms with Gasteiger partial charge in [-0.3, -0.25) is 9.48 Å². The minimum absolute atomic E-state index is 0.0342. The Morgan fingerprint density at radius 3 is 2.79 bits per heavy atom. The van der Waals surface area contributed by atoms with Crippen molar-refractivity contribution in [3.05, 3.63) is 47.2 Å². The molecule has 3 aromatic rings. The van der Waals surface area contributed by atoms with Crippen LogP contribution in [0.3, 0.4) is 0 Å². The number of aromatic nitrogens is 3. The van der Waals surface area contributed by atoms with Crippen molar-refractivity contribution in [1.29, 1.82) is 0 Å². The predicted octanol–water partition coefficient (Wildman–Crippen LogP) is 3.06. The van der Waals surface area contributed by atoms with E-state index in [2.05, 4.69) is 10.1 Å². The van der Waals surface area contributed by atoms with Crippen molar-refractivity contribution >= 4 is 23.2 Å². The van der Waals surface area contributed by atoms with Crippen LogP contribution in [0.1, 0.15) is 33.2 Å². The van der Waals surface area contributed by atoms with Gasteiger partial charge in [0.25, 0.3) is 5.88 Å². The first-order valence-corrected chi connectivity index (χ1v) is 7.37.